The Hall–Kier alpha value is -3.28. The molecule has 1 aromatic heterocycles. The molecule has 3 rings (SSSR count). The van der Waals surface area contributed by atoms with Crippen molar-refractivity contribution in [2.45, 2.75) is 13.8 Å². The molecule has 0 unspecified atom stereocenters. The first-order valence-electron chi connectivity index (χ1n) is 7.99. The van der Waals surface area contributed by atoms with Gasteiger partial charge in [0.05, 0.1) is 11.3 Å². The Kier molecular flexibility index (Phi) is 4.93. The zero-order chi connectivity index (χ0) is 18.7. The van der Waals surface area contributed by atoms with E-state index in [0.717, 1.165) is 17.3 Å². The van der Waals surface area contributed by atoms with Crippen LogP contribution in [0, 0.1) is 25.5 Å². The van der Waals surface area contributed by atoms with Crippen molar-refractivity contribution in [2.75, 3.05) is 10.6 Å². The first kappa shape index (κ1) is 17.5. The van der Waals surface area contributed by atoms with E-state index >= 15 is 0 Å². The highest BCUT2D eigenvalue weighted by Crippen LogP contribution is 2.21. The third-order valence-corrected chi connectivity index (χ3v) is 3.85. The van der Waals surface area contributed by atoms with Crippen molar-refractivity contribution in [3.05, 3.63) is 83.1 Å². The lowest BCUT2D eigenvalue weighted by Crippen LogP contribution is -2.13. The highest BCUT2D eigenvalue weighted by Gasteiger charge is 2.11. The van der Waals surface area contributed by atoms with Crippen LogP contribution in [-0.4, -0.2) is 10.9 Å². The summed E-state index contributed by atoms with van der Waals surface area (Å²) in [5.74, 6) is -1.48. The van der Waals surface area contributed by atoms with Gasteiger partial charge >= 0.3 is 0 Å². The SMILES string of the molecule is Cc1ccc(Nc2ccc(C(=O)Nc3ccc(F)cc3F)cn2)c(C)c1. The average Bonchev–Trinajstić information content (AvgIpc) is 2.60. The number of aromatic nitrogens is 1. The molecule has 1 heterocycles. The van der Waals surface area contributed by atoms with Crippen LogP contribution in [0.1, 0.15) is 21.5 Å². The zero-order valence-electron chi connectivity index (χ0n) is 14.3. The highest BCUT2D eigenvalue weighted by atomic mass is 19.1. The summed E-state index contributed by atoms with van der Waals surface area (Å²) in [5.41, 5.74) is 3.35. The number of anilines is 3. The third-order valence-electron chi connectivity index (χ3n) is 3.85. The van der Waals surface area contributed by atoms with Gasteiger partial charge in [0.15, 0.2) is 0 Å². The maximum absolute atomic E-state index is 13.6. The van der Waals surface area contributed by atoms with Gasteiger partial charge in [0.2, 0.25) is 0 Å². The molecule has 26 heavy (non-hydrogen) atoms. The second-order valence-corrected chi connectivity index (χ2v) is 5.95. The minimum atomic E-state index is -0.834. The van der Waals surface area contributed by atoms with Gasteiger partial charge in [-0.3, -0.25) is 4.79 Å². The number of pyridine rings is 1. The van der Waals surface area contributed by atoms with Crippen LogP contribution in [0.2, 0.25) is 0 Å². The predicted octanol–water partition coefficient (Wildman–Crippen LogP) is 4.97. The first-order chi connectivity index (χ1) is 12.4. The predicted molar refractivity (Wildman–Crippen MR) is 97.7 cm³/mol. The van der Waals surface area contributed by atoms with Crippen molar-refractivity contribution in [3.8, 4) is 0 Å². The summed E-state index contributed by atoms with van der Waals surface area (Å²) >= 11 is 0. The second kappa shape index (κ2) is 7.31. The van der Waals surface area contributed by atoms with E-state index in [1.165, 1.54) is 17.8 Å². The zero-order valence-corrected chi connectivity index (χ0v) is 14.3. The highest BCUT2D eigenvalue weighted by molar-refractivity contribution is 6.04. The van der Waals surface area contributed by atoms with Crippen LogP contribution in [0.4, 0.5) is 26.0 Å². The van der Waals surface area contributed by atoms with Crippen LogP contribution in [-0.2, 0) is 0 Å². The van der Waals surface area contributed by atoms with Gasteiger partial charge in [-0.05, 0) is 49.7 Å². The maximum atomic E-state index is 13.6. The van der Waals surface area contributed by atoms with E-state index in [1.807, 2.05) is 26.0 Å². The van der Waals surface area contributed by atoms with E-state index in [-0.39, 0.29) is 11.3 Å². The Balaban J connectivity index is 1.71. The fraction of sp³-hybridized carbons (Fsp3) is 0.100. The number of amides is 1. The molecule has 3 aromatic rings. The number of hydrogen-bond donors (Lipinski definition) is 2. The van der Waals surface area contributed by atoms with E-state index in [2.05, 4.69) is 21.7 Å². The number of benzene rings is 2. The molecule has 132 valence electrons. The summed E-state index contributed by atoms with van der Waals surface area (Å²) in [6.45, 7) is 4.01. The molecule has 0 aliphatic heterocycles. The molecule has 0 aliphatic carbocycles. The van der Waals surface area contributed by atoms with Gasteiger partial charge in [-0.25, -0.2) is 13.8 Å². The monoisotopic (exact) mass is 353 g/mol. The Morgan fingerprint density at radius 3 is 2.38 bits per heavy atom. The molecule has 0 radical (unpaired) electrons. The van der Waals surface area contributed by atoms with Gasteiger partial charge in [0.1, 0.15) is 17.5 Å². The average molecular weight is 353 g/mol. The molecule has 0 saturated carbocycles. The summed E-state index contributed by atoms with van der Waals surface area (Å²) in [4.78, 5) is 16.4. The summed E-state index contributed by atoms with van der Waals surface area (Å²) < 4.78 is 26.5. The maximum Gasteiger partial charge on any atom is 0.257 e. The number of rotatable bonds is 4. The van der Waals surface area contributed by atoms with Gasteiger partial charge in [-0.2, -0.15) is 0 Å². The largest absolute Gasteiger partial charge is 0.340 e. The number of nitrogens with zero attached hydrogens (tertiary/aromatic N) is 1. The number of hydrogen-bond acceptors (Lipinski definition) is 3. The molecule has 6 heteroatoms. The van der Waals surface area contributed by atoms with Crippen LogP contribution in [0.5, 0.6) is 0 Å². The lowest BCUT2D eigenvalue weighted by Gasteiger charge is -2.10. The van der Waals surface area contributed by atoms with Crippen molar-refractivity contribution in [1.29, 1.82) is 0 Å². The van der Waals surface area contributed by atoms with Crippen molar-refractivity contribution in [1.82, 2.24) is 4.98 Å². The van der Waals surface area contributed by atoms with Crippen LogP contribution in [0.25, 0.3) is 0 Å². The van der Waals surface area contributed by atoms with Crippen LogP contribution in [0.15, 0.2) is 54.7 Å². The number of carbonyl (C=O) groups is 1. The molecule has 2 N–H and O–H groups in total. The first-order valence-corrected chi connectivity index (χ1v) is 7.99. The number of nitrogens with one attached hydrogen (secondary N) is 2. The smallest absolute Gasteiger partial charge is 0.257 e. The fourth-order valence-electron chi connectivity index (χ4n) is 2.48. The summed E-state index contributed by atoms with van der Waals surface area (Å²) in [6, 6.07) is 12.2. The van der Waals surface area contributed by atoms with Gasteiger partial charge in [-0.1, -0.05) is 17.7 Å². The van der Waals surface area contributed by atoms with Crippen molar-refractivity contribution < 1.29 is 13.6 Å². The van der Waals surface area contributed by atoms with E-state index in [9.17, 15) is 13.6 Å². The Morgan fingerprint density at radius 1 is 0.962 bits per heavy atom. The van der Waals surface area contributed by atoms with Gasteiger partial charge in [0.25, 0.3) is 5.91 Å². The normalized spacial score (nSPS) is 10.5. The van der Waals surface area contributed by atoms with E-state index in [0.29, 0.717) is 11.9 Å². The molecule has 0 aliphatic rings. The van der Waals surface area contributed by atoms with Gasteiger partial charge in [-0.15, -0.1) is 0 Å². The lowest BCUT2D eigenvalue weighted by atomic mass is 10.1. The molecule has 0 saturated heterocycles. The van der Waals surface area contributed by atoms with E-state index < -0.39 is 17.5 Å². The molecule has 0 spiro atoms. The topological polar surface area (TPSA) is 54.0 Å². The Morgan fingerprint density at radius 2 is 1.73 bits per heavy atom. The lowest BCUT2D eigenvalue weighted by molar-refractivity contribution is 0.102. The molecular weight excluding hydrogens is 336 g/mol. The van der Waals surface area contributed by atoms with Crippen LogP contribution >= 0.6 is 0 Å². The minimum absolute atomic E-state index is 0.0890. The van der Waals surface area contributed by atoms with E-state index in [4.69, 9.17) is 0 Å². The van der Waals surface area contributed by atoms with Gasteiger partial charge in [0, 0.05) is 18.0 Å². The molecule has 0 fully saturated rings. The Bertz CT molecular complexity index is 956. The summed E-state index contributed by atoms with van der Waals surface area (Å²) in [6.07, 6.45) is 1.39. The van der Waals surface area contributed by atoms with Crippen molar-refractivity contribution in [3.63, 3.8) is 0 Å². The summed E-state index contributed by atoms with van der Waals surface area (Å²) in [7, 11) is 0. The standard InChI is InChI=1S/C20H17F2N3O/c1-12-3-6-17(13(2)9-12)24-19-8-4-14(11-23-19)20(26)25-18-7-5-15(21)10-16(18)22/h3-11H,1-2H3,(H,23,24)(H,25,26). The molecule has 1 amide bonds. The molecule has 4 nitrogen and oxygen atoms in total. The van der Waals surface area contributed by atoms with E-state index in [1.54, 1.807) is 12.1 Å². The second-order valence-electron chi connectivity index (χ2n) is 5.95. The number of carbonyl (C=O) groups excluding carboxylic acids is 1. The quantitative estimate of drug-likeness (QED) is 0.696. The van der Waals surface area contributed by atoms with Gasteiger partial charge < -0.3 is 10.6 Å². The molecule has 0 bridgehead atoms. The number of halogens is 2. The van der Waals surface area contributed by atoms with Crippen molar-refractivity contribution in [2.24, 2.45) is 0 Å². The number of aryl methyl sites for hydroxylation is 2. The van der Waals surface area contributed by atoms with Crippen LogP contribution < -0.4 is 10.6 Å². The molecule has 0 atom stereocenters. The van der Waals surface area contributed by atoms with Crippen LogP contribution in [0.3, 0.4) is 0 Å². The Labute approximate surface area is 149 Å². The fourth-order valence-corrected chi connectivity index (χ4v) is 2.48. The minimum Gasteiger partial charge on any atom is -0.340 e. The molecule has 2 aromatic carbocycles. The van der Waals surface area contributed by atoms with Crippen molar-refractivity contribution >= 4 is 23.1 Å². The third kappa shape index (κ3) is 4.03. The summed E-state index contributed by atoms with van der Waals surface area (Å²) in [5, 5.41) is 5.58. The molecular formula is C20H17F2N3O.